The van der Waals surface area contributed by atoms with Gasteiger partial charge in [-0.25, -0.2) is 0 Å². The molecule has 6 nitrogen and oxygen atoms in total. The Bertz CT molecular complexity index is 1270. The highest BCUT2D eigenvalue weighted by Gasteiger charge is 2.20. The first kappa shape index (κ1) is 79.3. The summed E-state index contributed by atoms with van der Waals surface area (Å²) in [4.78, 5) is 24.6. The Hall–Kier alpha value is -1.66. The third-order valence-electron chi connectivity index (χ3n) is 17.5. The summed E-state index contributed by atoms with van der Waals surface area (Å²) in [5, 5.41) is 23.3. The molecule has 0 saturated carbocycles. The molecule has 0 bridgehead atoms. The number of esters is 1. The third kappa shape index (κ3) is 67.3. The molecule has 1 amide bonds. The number of ether oxygens (including phenoxy) is 1. The zero-order valence-corrected chi connectivity index (χ0v) is 55.0. The number of aliphatic hydroxyl groups is 2. The van der Waals surface area contributed by atoms with Gasteiger partial charge >= 0.3 is 5.97 Å². The Morgan fingerprint density at radius 3 is 0.877 bits per heavy atom. The van der Waals surface area contributed by atoms with Crippen LogP contribution in [0.3, 0.4) is 0 Å². The molecule has 0 aliphatic heterocycles. The van der Waals surface area contributed by atoms with E-state index in [9.17, 15) is 19.8 Å². The molecule has 0 rings (SSSR count). The smallest absolute Gasteiger partial charge is 0.305 e. The van der Waals surface area contributed by atoms with E-state index < -0.39 is 12.1 Å². The van der Waals surface area contributed by atoms with Crippen molar-refractivity contribution in [3.8, 4) is 0 Å². The summed E-state index contributed by atoms with van der Waals surface area (Å²) in [5.41, 5.74) is 0. The fourth-order valence-corrected chi connectivity index (χ4v) is 11.8. The second-order valence-corrected chi connectivity index (χ2v) is 25.6. The van der Waals surface area contributed by atoms with Crippen molar-refractivity contribution in [2.24, 2.45) is 0 Å². The van der Waals surface area contributed by atoms with E-state index in [4.69, 9.17) is 4.74 Å². The maximum atomic E-state index is 12.5. The van der Waals surface area contributed by atoms with E-state index in [1.54, 1.807) is 0 Å². The van der Waals surface area contributed by atoms with Gasteiger partial charge in [0.25, 0.3) is 0 Å². The summed E-state index contributed by atoms with van der Waals surface area (Å²) >= 11 is 0. The lowest BCUT2D eigenvalue weighted by Crippen LogP contribution is -2.45. The zero-order chi connectivity index (χ0) is 58.5. The van der Waals surface area contributed by atoms with Gasteiger partial charge in [-0.3, -0.25) is 9.59 Å². The van der Waals surface area contributed by atoms with Crippen molar-refractivity contribution in [1.82, 2.24) is 5.32 Å². The van der Waals surface area contributed by atoms with E-state index in [0.29, 0.717) is 25.9 Å². The molecule has 0 aliphatic rings. The average Bonchev–Trinajstić information content (AvgIpc) is 3.47. The maximum Gasteiger partial charge on any atom is 0.305 e. The SMILES string of the molecule is CCCCCCCC/C=C\CCCCCCCCCCCC(=O)OCCCCCCCCCCCCCC/C=C\CCCCCCCCCCCCCCCCCC(=O)NC(CO)C(O)CCCCCCCCCCCCCCCC. The van der Waals surface area contributed by atoms with Crippen LogP contribution in [-0.4, -0.2) is 47.4 Å². The van der Waals surface area contributed by atoms with Gasteiger partial charge in [-0.2, -0.15) is 0 Å². The minimum absolute atomic E-state index is 0.0181. The minimum atomic E-state index is -0.662. The van der Waals surface area contributed by atoms with E-state index in [2.05, 4.69) is 43.5 Å². The van der Waals surface area contributed by atoms with E-state index in [1.807, 2.05) is 0 Å². The van der Waals surface area contributed by atoms with Gasteiger partial charge in [0.05, 0.1) is 25.4 Å². The molecular weight excluding hydrogens is 995 g/mol. The van der Waals surface area contributed by atoms with Crippen LogP contribution in [0.2, 0.25) is 0 Å². The highest BCUT2D eigenvalue weighted by atomic mass is 16.5. The lowest BCUT2D eigenvalue weighted by molar-refractivity contribution is -0.143. The summed E-state index contributed by atoms with van der Waals surface area (Å²) in [7, 11) is 0. The van der Waals surface area contributed by atoms with Crippen molar-refractivity contribution in [2.45, 2.75) is 431 Å². The number of unbranched alkanes of at least 4 members (excludes halogenated alkanes) is 55. The second kappa shape index (κ2) is 70.8. The molecule has 0 spiro atoms. The summed E-state index contributed by atoms with van der Waals surface area (Å²) in [6.07, 6.45) is 89.6. The molecule has 0 fully saturated rings. The van der Waals surface area contributed by atoms with Crippen LogP contribution >= 0.6 is 0 Å². The number of allylic oxidation sites excluding steroid dienone is 4. The van der Waals surface area contributed by atoms with Gasteiger partial charge in [0, 0.05) is 12.8 Å². The van der Waals surface area contributed by atoms with Gasteiger partial charge in [-0.15, -0.1) is 0 Å². The van der Waals surface area contributed by atoms with Gasteiger partial charge in [-0.1, -0.05) is 353 Å². The first-order valence-corrected chi connectivity index (χ1v) is 37.1. The van der Waals surface area contributed by atoms with E-state index in [-0.39, 0.29) is 18.5 Å². The third-order valence-corrected chi connectivity index (χ3v) is 17.5. The van der Waals surface area contributed by atoms with Crippen molar-refractivity contribution in [2.75, 3.05) is 13.2 Å². The first-order chi connectivity index (χ1) is 40.0. The standard InChI is InChI=1S/C75H145NO5/c1-3-5-7-9-11-13-15-17-19-20-34-38-41-45-49-53-57-61-65-69-75(80)81-70-66-62-58-54-50-46-42-39-36-33-31-29-27-25-23-21-22-24-26-28-30-32-35-37-40-44-48-52-56-60-64-68-74(79)76-72(71-77)73(78)67-63-59-55-51-47-43-18-16-14-12-10-8-6-4-2/h17,19,23,25,72-73,77-78H,3-16,18,20-22,24,26-71H2,1-2H3,(H,76,79)/b19-17-,25-23-. The van der Waals surface area contributed by atoms with Crippen LogP contribution in [0.25, 0.3) is 0 Å². The highest BCUT2D eigenvalue weighted by molar-refractivity contribution is 5.76. The average molecular weight is 1140 g/mol. The molecule has 3 N–H and O–H groups in total. The molecule has 0 aromatic rings. The largest absolute Gasteiger partial charge is 0.466 e. The van der Waals surface area contributed by atoms with Crippen LogP contribution in [0.4, 0.5) is 0 Å². The normalized spacial score (nSPS) is 12.6. The first-order valence-electron chi connectivity index (χ1n) is 37.1. The van der Waals surface area contributed by atoms with E-state index in [1.165, 1.54) is 347 Å². The summed E-state index contributed by atoms with van der Waals surface area (Å²) in [6, 6.07) is -0.539. The van der Waals surface area contributed by atoms with Crippen LogP contribution in [0.1, 0.15) is 418 Å². The predicted molar refractivity (Wildman–Crippen MR) is 356 cm³/mol. The van der Waals surface area contributed by atoms with Crippen LogP contribution in [0.5, 0.6) is 0 Å². The Morgan fingerprint density at radius 1 is 0.333 bits per heavy atom. The summed E-state index contributed by atoms with van der Waals surface area (Å²) < 4.78 is 5.51. The molecule has 81 heavy (non-hydrogen) atoms. The molecule has 0 aliphatic carbocycles. The van der Waals surface area contributed by atoms with Crippen LogP contribution < -0.4 is 5.32 Å². The van der Waals surface area contributed by atoms with Gasteiger partial charge < -0.3 is 20.3 Å². The molecule has 0 radical (unpaired) electrons. The summed E-state index contributed by atoms with van der Waals surface area (Å²) in [6.45, 7) is 4.99. The predicted octanol–water partition coefficient (Wildman–Crippen LogP) is 24.1. The van der Waals surface area contributed by atoms with E-state index >= 15 is 0 Å². The van der Waals surface area contributed by atoms with Gasteiger partial charge in [-0.05, 0) is 77.0 Å². The molecule has 6 heteroatoms. The Labute approximate surface area is 507 Å². The maximum absolute atomic E-state index is 12.5. The van der Waals surface area contributed by atoms with Crippen molar-refractivity contribution in [3.05, 3.63) is 24.3 Å². The number of carbonyl (C=O) groups excluding carboxylic acids is 2. The van der Waals surface area contributed by atoms with Crippen LogP contribution in [0, 0.1) is 0 Å². The van der Waals surface area contributed by atoms with Gasteiger partial charge in [0.15, 0.2) is 0 Å². The molecule has 2 atom stereocenters. The van der Waals surface area contributed by atoms with E-state index in [0.717, 1.165) is 38.5 Å². The lowest BCUT2D eigenvalue weighted by atomic mass is 10.0. The lowest BCUT2D eigenvalue weighted by Gasteiger charge is -2.22. The Balaban J connectivity index is 3.33. The Morgan fingerprint density at radius 2 is 0.580 bits per heavy atom. The number of aliphatic hydroxyl groups excluding tert-OH is 2. The number of carbonyl (C=O) groups is 2. The zero-order valence-electron chi connectivity index (χ0n) is 55.0. The minimum Gasteiger partial charge on any atom is -0.466 e. The number of rotatable bonds is 70. The van der Waals surface area contributed by atoms with Crippen LogP contribution in [0.15, 0.2) is 24.3 Å². The number of hydrogen-bond acceptors (Lipinski definition) is 5. The molecule has 2 unspecified atom stereocenters. The van der Waals surface area contributed by atoms with Crippen molar-refractivity contribution in [1.29, 1.82) is 0 Å². The van der Waals surface area contributed by atoms with Gasteiger partial charge in [0.2, 0.25) is 5.91 Å². The quantitative estimate of drug-likeness (QED) is 0.0320. The van der Waals surface area contributed by atoms with Crippen molar-refractivity contribution < 1.29 is 24.5 Å². The fourth-order valence-electron chi connectivity index (χ4n) is 11.8. The fraction of sp³-hybridized carbons (Fsp3) is 0.920. The molecule has 0 saturated heterocycles. The van der Waals surface area contributed by atoms with Crippen LogP contribution in [-0.2, 0) is 14.3 Å². The topological polar surface area (TPSA) is 95.9 Å². The number of amides is 1. The molecule has 0 aromatic carbocycles. The Kier molecular flexibility index (Phi) is 69.4. The second-order valence-electron chi connectivity index (χ2n) is 25.6. The molecule has 480 valence electrons. The monoisotopic (exact) mass is 1140 g/mol. The van der Waals surface area contributed by atoms with Crippen molar-refractivity contribution in [3.63, 3.8) is 0 Å². The van der Waals surface area contributed by atoms with Gasteiger partial charge in [0.1, 0.15) is 0 Å². The molecular formula is C75H145NO5. The molecule has 0 aromatic heterocycles. The highest BCUT2D eigenvalue weighted by Crippen LogP contribution is 2.19. The number of nitrogens with one attached hydrogen (secondary N) is 1. The molecule has 0 heterocycles. The number of hydrogen-bond donors (Lipinski definition) is 3. The van der Waals surface area contributed by atoms with Crippen molar-refractivity contribution >= 4 is 11.9 Å². The summed E-state index contributed by atoms with van der Waals surface area (Å²) in [5.74, 6) is -0.0121.